The fraction of sp³-hybridized carbons (Fsp3) is 0.680. The lowest BCUT2D eigenvalue weighted by Gasteiger charge is -2.40. The predicted octanol–water partition coefficient (Wildman–Crippen LogP) is 3.33. The number of hydrogen-bond donors (Lipinski definition) is 3. The van der Waals surface area contributed by atoms with Crippen LogP contribution in [0.25, 0.3) is 6.08 Å². The van der Waals surface area contributed by atoms with Crippen LogP contribution in [0, 0.1) is 5.92 Å². The minimum Gasteiger partial charge on any atom is -0.396 e. The molecule has 3 rings (SSSR count). The first-order valence-electron chi connectivity index (χ1n) is 12.7. The van der Waals surface area contributed by atoms with Crippen LogP contribution < -0.4 is 15.6 Å². The molecule has 1 fully saturated rings. The van der Waals surface area contributed by atoms with Gasteiger partial charge in [0.15, 0.2) is 0 Å². The largest absolute Gasteiger partial charge is 0.396 e. The van der Waals surface area contributed by atoms with Gasteiger partial charge in [-0.2, -0.15) is 5.10 Å². The number of likely N-dealkylation sites (N-methyl/N-ethyl adjacent to an activating group) is 1. The second-order valence-electron chi connectivity index (χ2n) is 9.15. The molecule has 0 radical (unpaired) electrons. The Balaban J connectivity index is 1.60. The van der Waals surface area contributed by atoms with Gasteiger partial charge in [-0.3, -0.25) is 10.3 Å². The molecule has 0 bridgehead atoms. The molecule has 3 N–H and O–H groups in total. The molecule has 0 amide bonds. The van der Waals surface area contributed by atoms with Gasteiger partial charge in [0, 0.05) is 58.8 Å². The van der Waals surface area contributed by atoms with Gasteiger partial charge in [-0.05, 0) is 37.0 Å². The monoisotopic (exact) mass is 489 g/mol. The van der Waals surface area contributed by atoms with Crippen molar-refractivity contribution in [3.05, 3.63) is 23.5 Å². The number of aliphatic hydroxyl groups excluding tert-OH is 1. The van der Waals surface area contributed by atoms with Crippen molar-refractivity contribution in [3.63, 3.8) is 0 Å². The number of nitrogens with one attached hydrogen (secondary N) is 2. The summed E-state index contributed by atoms with van der Waals surface area (Å²) in [7, 11) is 2.14. The Morgan fingerprint density at radius 2 is 2.03 bits per heavy atom. The summed E-state index contributed by atoms with van der Waals surface area (Å²) in [5.74, 6) is 2.24. The molecule has 2 unspecified atom stereocenters. The molecule has 1 aromatic heterocycles. The number of nitrogens with zero attached hydrogens (tertiary/aromatic N) is 5. The van der Waals surface area contributed by atoms with E-state index in [2.05, 4.69) is 76.4 Å². The van der Waals surface area contributed by atoms with Gasteiger partial charge in [-0.1, -0.05) is 26.7 Å². The van der Waals surface area contributed by atoms with E-state index in [0.29, 0.717) is 5.92 Å². The molecule has 1 aromatic rings. The molecule has 0 aromatic carbocycles. The maximum atomic E-state index is 9.08. The molecule has 34 heavy (non-hydrogen) atoms. The van der Waals surface area contributed by atoms with Crippen molar-refractivity contribution in [2.75, 3.05) is 69.0 Å². The van der Waals surface area contributed by atoms with E-state index >= 15 is 0 Å². The Labute approximate surface area is 209 Å². The lowest BCUT2D eigenvalue weighted by atomic mass is 10.0. The average Bonchev–Trinajstić information content (AvgIpc) is 2.85. The van der Waals surface area contributed by atoms with Crippen LogP contribution >= 0.6 is 11.8 Å². The van der Waals surface area contributed by atoms with Crippen LogP contribution in [0.2, 0.25) is 0 Å². The summed E-state index contributed by atoms with van der Waals surface area (Å²) in [4.78, 5) is 12.2. The number of aliphatic hydroxyl groups is 1. The van der Waals surface area contributed by atoms with E-state index in [1.807, 2.05) is 11.8 Å². The highest BCUT2D eigenvalue weighted by atomic mass is 32.2. The molecule has 1 saturated heterocycles. The Morgan fingerprint density at radius 1 is 1.24 bits per heavy atom. The minimum absolute atomic E-state index is 0.251. The second-order valence-corrected chi connectivity index (χ2v) is 10.3. The Hall–Kier alpha value is -1.97. The lowest BCUT2D eigenvalue weighted by molar-refractivity contribution is 0.147. The SMILES string of the molecule is C=NNC(SCNc1ccc2c(n1)C=C(N1CCN(CCCO)CC1)CN2C)C(CC)CCC. The van der Waals surface area contributed by atoms with E-state index in [-0.39, 0.29) is 12.0 Å². The van der Waals surface area contributed by atoms with E-state index in [0.717, 1.165) is 69.5 Å². The molecule has 2 aliphatic rings. The molecular weight excluding hydrogens is 446 g/mol. The van der Waals surface area contributed by atoms with Crippen LogP contribution in [-0.4, -0.2) is 90.8 Å². The number of pyridine rings is 1. The van der Waals surface area contributed by atoms with Crippen molar-refractivity contribution in [1.29, 1.82) is 0 Å². The number of hydrogen-bond acceptors (Lipinski definition) is 9. The number of thioether (sulfide) groups is 1. The Morgan fingerprint density at radius 3 is 2.71 bits per heavy atom. The highest BCUT2D eigenvalue weighted by Crippen LogP contribution is 2.30. The third-order valence-electron chi connectivity index (χ3n) is 6.77. The highest BCUT2D eigenvalue weighted by Gasteiger charge is 2.24. The van der Waals surface area contributed by atoms with Gasteiger partial charge in [0.25, 0.3) is 0 Å². The van der Waals surface area contributed by atoms with Gasteiger partial charge >= 0.3 is 0 Å². The molecule has 190 valence electrons. The van der Waals surface area contributed by atoms with E-state index in [1.165, 1.54) is 24.2 Å². The summed E-state index contributed by atoms with van der Waals surface area (Å²) < 4.78 is 0. The summed E-state index contributed by atoms with van der Waals surface area (Å²) in [5, 5.41) is 16.8. The molecule has 9 heteroatoms. The molecule has 0 aliphatic carbocycles. The number of hydrazone groups is 1. The van der Waals surface area contributed by atoms with Gasteiger partial charge in [-0.25, -0.2) is 4.98 Å². The van der Waals surface area contributed by atoms with Crippen molar-refractivity contribution >= 4 is 36.1 Å². The molecule has 0 saturated carbocycles. The average molecular weight is 490 g/mol. The summed E-state index contributed by atoms with van der Waals surface area (Å²) in [6.45, 7) is 14.4. The summed E-state index contributed by atoms with van der Waals surface area (Å²) >= 11 is 1.83. The third-order valence-corrected chi connectivity index (χ3v) is 7.93. The van der Waals surface area contributed by atoms with Gasteiger partial charge < -0.3 is 20.2 Å². The smallest absolute Gasteiger partial charge is 0.127 e. The molecule has 8 nitrogen and oxygen atoms in total. The summed E-state index contributed by atoms with van der Waals surface area (Å²) in [6.07, 6.45) is 6.60. The van der Waals surface area contributed by atoms with Crippen molar-refractivity contribution < 1.29 is 5.11 Å². The third kappa shape index (κ3) is 7.26. The first-order chi connectivity index (χ1) is 16.6. The molecule has 3 heterocycles. The number of aromatic nitrogens is 1. The number of fused-ring (bicyclic) bond motifs is 1. The van der Waals surface area contributed by atoms with E-state index < -0.39 is 0 Å². The van der Waals surface area contributed by atoms with Crippen LogP contribution in [0.15, 0.2) is 22.9 Å². The predicted molar refractivity (Wildman–Crippen MR) is 146 cm³/mol. The topological polar surface area (TPSA) is 79.3 Å². The normalized spacial score (nSPS) is 18.2. The van der Waals surface area contributed by atoms with Gasteiger partial charge in [0.2, 0.25) is 0 Å². The van der Waals surface area contributed by atoms with Gasteiger partial charge in [-0.15, -0.1) is 11.8 Å². The van der Waals surface area contributed by atoms with E-state index in [4.69, 9.17) is 10.1 Å². The van der Waals surface area contributed by atoms with Crippen LogP contribution in [0.5, 0.6) is 0 Å². The maximum absolute atomic E-state index is 9.08. The van der Waals surface area contributed by atoms with Gasteiger partial charge in [0.1, 0.15) is 5.82 Å². The Kier molecular flexibility index (Phi) is 10.8. The van der Waals surface area contributed by atoms with Crippen molar-refractivity contribution in [2.45, 2.75) is 44.9 Å². The second kappa shape index (κ2) is 13.8. The number of piperazine rings is 1. The quantitative estimate of drug-likeness (QED) is 0.209. The van der Waals surface area contributed by atoms with E-state index in [9.17, 15) is 0 Å². The van der Waals surface area contributed by atoms with Crippen molar-refractivity contribution in [3.8, 4) is 0 Å². The fourth-order valence-corrected chi connectivity index (χ4v) is 5.95. The minimum atomic E-state index is 0.251. The standard InChI is InChI=1S/C25H43N7OS/c1-5-8-20(6-2)25(29-26-3)34-19-27-24-10-9-23-22(28-24)17-21(18-30(23)4)32-14-12-31(13-15-32)11-7-16-33/h9-10,17,20,25,29,33H,3,5-8,11-16,18-19H2,1-2,4H3,(H,27,28). The first-order valence-corrected chi connectivity index (χ1v) is 13.7. The number of rotatable bonds is 14. The van der Waals surface area contributed by atoms with E-state index in [1.54, 1.807) is 0 Å². The summed E-state index contributed by atoms with van der Waals surface area (Å²) in [5.41, 5.74) is 6.73. The highest BCUT2D eigenvalue weighted by molar-refractivity contribution is 7.99. The van der Waals surface area contributed by atoms with Crippen molar-refractivity contribution in [1.82, 2.24) is 20.2 Å². The van der Waals surface area contributed by atoms with Crippen LogP contribution in [0.3, 0.4) is 0 Å². The molecular formula is C25H43N7OS. The zero-order valence-electron chi connectivity index (χ0n) is 21.2. The summed E-state index contributed by atoms with van der Waals surface area (Å²) in [6, 6.07) is 4.24. The zero-order chi connectivity index (χ0) is 24.3. The van der Waals surface area contributed by atoms with Gasteiger partial charge in [0.05, 0.1) is 29.2 Å². The van der Waals surface area contributed by atoms with Crippen molar-refractivity contribution in [2.24, 2.45) is 11.0 Å². The zero-order valence-corrected chi connectivity index (χ0v) is 22.0. The van der Waals surface area contributed by atoms with Crippen LogP contribution in [0.4, 0.5) is 11.5 Å². The molecule has 0 spiro atoms. The molecule has 2 aliphatic heterocycles. The van der Waals surface area contributed by atoms with Crippen LogP contribution in [0.1, 0.15) is 45.2 Å². The lowest BCUT2D eigenvalue weighted by Crippen LogP contribution is -2.48. The van der Waals surface area contributed by atoms with Crippen LogP contribution in [-0.2, 0) is 0 Å². The fourth-order valence-electron chi connectivity index (χ4n) is 4.79. The maximum Gasteiger partial charge on any atom is 0.127 e. The number of anilines is 2. The molecule has 2 atom stereocenters. The Bertz CT molecular complexity index is 797. The first kappa shape index (κ1) is 26.6.